The molecule has 10 nitrogen and oxygen atoms in total. The van der Waals surface area contributed by atoms with E-state index in [2.05, 4.69) is 10.2 Å². The fourth-order valence-corrected chi connectivity index (χ4v) is 6.76. The van der Waals surface area contributed by atoms with Gasteiger partial charge in [0.05, 0.1) is 29.6 Å². The number of ether oxygens (including phenoxy) is 1. The number of nitrogens with zero attached hydrogens (tertiary/aromatic N) is 3. The van der Waals surface area contributed by atoms with Gasteiger partial charge in [-0.15, -0.1) is 0 Å². The average Bonchev–Trinajstić information content (AvgIpc) is 3.52. The Morgan fingerprint density at radius 3 is 2.63 bits per heavy atom. The van der Waals surface area contributed by atoms with Gasteiger partial charge >= 0.3 is 5.69 Å². The highest BCUT2D eigenvalue weighted by molar-refractivity contribution is 6.26. The van der Waals surface area contributed by atoms with Crippen LogP contribution in [0.15, 0.2) is 30.3 Å². The molecule has 3 fully saturated rings. The molecule has 4 heterocycles. The molecule has 0 radical (unpaired) electrons. The topological polar surface area (TPSA) is 122 Å². The van der Waals surface area contributed by atoms with Crippen LogP contribution in [0.5, 0.6) is 5.75 Å². The number of aryl methyl sites for hydroxylation is 2. The van der Waals surface area contributed by atoms with Crippen molar-refractivity contribution in [2.75, 3.05) is 23.9 Å². The van der Waals surface area contributed by atoms with E-state index in [-0.39, 0.29) is 35.0 Å². The normalized spacial score (nSPS) is 28.9. The molecule has 0 aromatic heterocycles. The molecule has 2 aromatic carbocycles. The number of carbonyl (C=O) groups is 3. The summed E-state index contributed by atoms with van der Waals surface area (Å²) < 4.78 is 5.20. The summed E-state index contributed by atoms with van der Waals surface area (Å²) in [6.45, 7) is 4.18. The molecule has 4 aliphatic rings. The van der Waals surface area contributed by atoms with Gasteiger partial charge in [-0.3, -0.25) is 29.4 Å². The van der Waals surface area contributed by atoms with Gasteiger partial charge in [-0.1, -0.05) is 17.7 Å². The van der Waals surface area contributed by atoms with Gasteiger partial charge in [0.2, 0.25) is 17.7 Å². The molecule has 0 saturated carbocycles. The second-order valence-corrected chi connectivity index (χ2v) is 9.76. The van der Waals surface area contributed by atoms with Crippen molar-refractivity contribution in [2.45, 2.75) is 38.3 Å². The van der Waals surface area contributed by atoms with E-state index in [4.69, 9.17) is 4.74 Å². The van der Waals surface area contributed by atoms with Crippen LogP contribution in [0.3, 0.4) is 0 Å². The Bertz CT molecular complexity index is 1360. The molecular formula is C25H24N4O6. The van der Waals surface area contributed by atoms with Crippen LogP contribution >= 0.6 is 0 Å². The van der Waals surface area contributed by atoms with Crippen LogP contribution in [0.1, 0.15) is 29.5 Å². The second-order valence-electron chi connectivity index (χ2n) is 9.76. The third-order valence-electron chi connectivity index (χ3n) is 8.08. The number of hydrogen-bond donors (Lipinski definition) is 1. The minimum absolute atomic E-state index is 0.0370. The Balaban J connectivity index is 1.54. The summed E-state index contributed by atoms with van der Waals surface area (Å²) >= 11 is 0. The molecule has 4 atom stereocenters. The Kier molecular flexibility index (Phi) is 4.41. The van der Waals surface area contributed by atoms with Crippen molar-refractivity contribution < 1.29 is 24.0 Å². The maximum atomic E-state index is 14.1. The second kappa shape index (κ2) is 7.11. The number of nitro groups is 1. The third-order valence-corrected chi connectivity index (χ3v) is 8.08. The van der Waals surface area contributed by atoms with E-state index in [1.165, 1.54) is 19.2 Å². The lowest BCUT2D eigenvalue weighted by Crippen LogP contribution is -2.54. The molecule has 3 saturated heterocycles. The molecule has 6 rings (SSSR count). The molecule has 1 N–H and O–H groups in total. The monoisotopic (exact) mass is 476 g/mol. The molecule has 35 heavy (non-hydrogen) atoms. The zero-order valence-electron chi connectivity index (χ0n) is 19.5. The Labute approximate surface area is 201 Å². The SMILES string of the molecule is COc1cc(N2C(=O)[C@H]3[C@@H](C2=O)[C@]2(C(=O)Nc4ccc(C)cc42)N2CCC[C@@H]32)c(C)cc1[N+](=O)[O-]. The van der Waals surface area contributed by atoms with E-state index in [0.717, 1.165) is 22.4 Å². The van der Waals surface area contributed by atoms with E-state index >= 15 is 0 Å². The van der Waals surface area contributed by atoms with Crippen LogP contribution < -0.4 is 15.0 Å². The molecule has 10 heteroatoms. The highest BCUT2D eigenvalue weighted by Crippen LogP contribution is 2.61. The lowest BCUT2D eigenvalue weighted by atomic mass is 9.75. The van der Waals surface area contributed by atoms with Crippen LogP contribution in [0.2, 0.25) is 0 Å². The lowest BCUT2D eigenvalue weighted by Gasteiger charge is -2.36. The number of carbonyl (C=O) groups excluding carboxylic acids is 3. The summed E-state index contributed by atoms with van der Waals surface area (Å²) in [6.07, 6.45) is 1.54. The van der Waals surface area contributed by atoms with E-state index in [1.807, 2.05) is 25.1 Å². The third kappa shape index (κ3) is 2.54. The fraction of sp³-hybridized carbons (Fsp3) is 0.400. The lowest BCUT2D eigenvalue weighted by molar-refractivity contribution is -0.385. The standard InChI is InChI=1S/C25H24N4O6/c1-12-6-7-15-14(9-12)25(24(32)26-15)21-20(16-5-4-8-27(16)25)22(30)28(23(21)31)17-11-19(35-3)18(29(33)34)10-13(17)2/h6-7,9-11,16,20-21H,4-5,8H2,1-3H3,(H,26,32)/t16-,20+,21-,25+/m0/s1. The quantitative estimate of drug-likeness (QED) is 0.411. The van der Waals surface area contributed by atoms with Crippen LogP contribution in [0.25, 0.3) is 0 Å². The van der Waals surface area contributed by atoms with Crippen molar-refractivity contribution in [1.82, 2.24) is 4.90 Å². The molecule has 1 spiro atoms. The first-order valence-corrected chi connectivity index (χ1v) is 11.6. The number of hydrogen-bond acceptors (Lipinski definition) is 7. The van der Waals surface area contributed by atoms with E-state index < -0.39 is 28.2 Å². The van der Waals surface area contributed by atoms with Crippen molar-refractivity contribution in [2.24, 2.45) is 11.8 Å². The Hall–Kier alpha value is -3.79. The number of fused-ring (bicyclic) bond motifs is 7. The van der Waals surface area contributed by atoms with Gasteiger partial charge < -0.3 is 10.1 Å². The minimum Gasteiger partial charge on any atom is -0.490 e. The van der Waals surface area contributed by atoms with Crippen molar-refractivity contribution in [1.29, 1.82) is 0 Å². The van der Waals surface area contributed by atoms with Crippen molar-refractivity contribution in [3.05, 3.63) is 57.1 Å². The smallest absolute Gasteiger partial charge is 0.311 e. The van der Waals surface area contributed by atoms with Crippen molar-refractivity contribution in [3.63, 3.8) is 0 Å². The molecular weight excluding hydrogens is 452 g/mol. The first kappa shape index (κ1) is 21.7. The van der Waals surface area contributed by atoms with Gasteiger partial charge in [-0.25, -0.2) is 4.90 Å². The molecule has 4 aliphatic heterocycles. The minimum atomic E-state index is -1.26. The number of nitro benzene ring substituents is 1. The van der Waals surface area contributed by atoms with Crippen LogP contribution in [-0.2, 0) is 19.9 Å². The Morgan fingerprint density at radius 2 is 1.91 bits per heavy atom. The number of rotatable bonds is 3. The molecule has 0 unspecified atom stereocenters. The van der Waals surface area contributed by atoms with Gasteiger partial charge in [0, 0.05) is 29.4 Å². The highest BCUT2D eigenvalue weighted by Gasteiger charge is 2.74. The molecule has 2 aromatic rings. The van der Waals surface area contributed by atoms with Gasteiger partial charge in [-0.2, -0.15) is 0 Å². The zero-order chi connectivity index (χ0) is 24.8. The number of nitrogens with one attached hydrogen (secondary N) is 1. The summed E-state index contributed by atoms with van der Waals surface area (Å²) in [5.41, 5.74) is 1.52. The highest BCUT2D eigenvalue weighted by atomic mass is 16.6. The maximum absolute atomic E-state index is 14.1. The summed E-state index contributed by atoms with van der Waals surface area (Å²) in [5.74, 6) is -2.71. The van der Waals surface area contributed by atoms with Crippen LogP contribution in [-0.4, -0.2) is 47.2 Å². The number of anilines is 2. The maximum Gasteiger partial charge on any atom is 0.311 e. The van der Waals surface area contributed by atoms with Gasteiger partial charge in [0.15, 0.2) is 5.75 Å². The summed E-state index contributed by atoms with van der Waals surface area (Å²) in [7, 11) is 1.30. The van der Waals surface area contributed by atoms with E-state index in [9.17, 15) is 24.5 Å². The molecule has 0 bridgehead atoms. The van der Waals surface area contributed by atoms with Crippen molar-refractivity contribution in [3.8, 4) is 5.75 Å². The first-order valence-electron chi connectivity index (χ1n) is 11.6. The summed E-state index contributed by atoms with van der Waals surface area (Å²) in [5, 5.41) is 14.4. The van der Waals surface area contributed by atoms with Gasteiger partial charge in [0.1, 0.15) is 5.54 Å². The van der Waals surface area contributed by atoms with Gasteiger partial charge in [-0.05, 0) is 44.9 Å². The predicted octanol–water partition coefficient (Wildman–Crippen LogP) is 2.65. The van der Waals surface area contributed by atoms with Crippen LogP contribution in [0.4, 0.5) is 17.1 Å². The summed E-state index contributed by atoms with van der Waals surface area (Å²) in [4.78, 5) is 55.8. The van der Waals surface area contributed by atoms with E-state index in [0.29, 0.717) is 24.2 Å². The number of benzene rings is 2. The summed E-state index contributed by atoms with van der Waals surface area (Å²) in [6, 6.07) is 8.13. The fourth-order valence-electron chi connectivity index (χ4n) is 6.76. The van der Waals surface area contributed by atoms with Crippen LogP contribution in [0, 0.1) is 35.8 Å². The zero-order valence-corrected chi connectivity index (χ0v) is 19.5. The molecule has 180 valence electrons. The Morgan fingerprint density at radius 1 is 1.14 bits per heavy atom. The number of imide groups is 1. The average molecular weight is 476 g/mol. The number of methoxy groups -OCH3 is 1. The van der Waals surface area contributed by atoms with E-state index in [1.54, 1.807) is 6.92 Å². The largest absolute Gasteiger partial charge is 0.490 e. The number of amides is 3. The predicted molar refractivity (Wildman–Crippen MR) is 125 cm³/mol. The molecule has 0 aliphatic carbocycles. The van der Waals surface area contributed by atoms with Crippen molar-refractivity contribution >= 4 is 34.8 Å². The van der Waals surface area contributed by atoms with Gasteiger partial charge in [0.25, 0.3) is 0 Å². The molecule has 3 amide bonds. The first-order chi connectivity index (χ1) is 16.7.